The number of esters is 1. The monoisotopic (exact) mass is 430 g/mol. The second kappa shape index (κ2) is 8.97. The fourth-order valence-corrected chi connectivity index (χ4v) is 5.13. The molecule has 3 rings (SSSR count). The van der Waals surface area contributed by atoms with Gasteiger partial charge in [-0.3, -0.25) is 4.79 Å². The number of amides is 1. The number of rotatable bonds is 5. The van der Waals surface area contributed by atoms with Crippen molar-refractivity contribution in [1.82, 2.24) is 9.21 Å². The fourth-order valence-electron chi connectivity index (χ4n) is 3.50. The van der Waals surface area contributed by atoms with E-state index in [1.807, 2.05) is 19.1 Å². The Morgan fingerprint density at radius 1 is 0.933 bits per heavy atom. The van der Waals surface area contributed by atoms with Gasteiger partial charge in [0.1, 0.15) is 0 Å². The van der Waals surface area contributed by atoms with Crippen LogP contribution in [0.5, 0.6) is 0 Å². The molecule has 0 radical (unpaired) electrons. The summed E-state index contributed by atoms with van der Waals surface area (Å²) in [6.45, 7) is 6.04. The van der Waals surface area contributed by atoms with E-state index in [0.717, 1.165) is 11.1 Å². The lowest BCUT2D eigenvalue weighted by atomic mass is 10.1. The maximum atomic E-state index is 13.0. The largest absolute Gasteiger partial charge is 0.452 e. The number of hydrogen-bond donors (Lipinski definition) is 0. The SMILES string of the molecule is Cc1ccc(S(=O)(=O)N2CCN(C(=O)COC(=O)c3ccccc3C)CC2)c(C)c1. The lowest BCUT2D eigenvalue weighted by Crippen LogP contribution is -2.51. The van der Waals surface area contributed by atoms with Gasteiger partial charge in [0.05, 0.1) is 10.5 Å². The summed E-state index contributed by atoms with van der Waals surface area (Å²) in [5.41, 5.74) is 2.91. The van der Waals surface area contributed by atoms with Gasteiger partial charge in [0.2, 0.25) is 10.0 Å². The first kappa shape index (κ1) is 22.0. The van der Waals surface area contributed by atoms with Gasteiger partial charge in [0, 0.05) is 26.2 Å². The van der Waals surface area contributed by atoms with Crippen LogP contribution in [0.15, 0.2) is 47.4 Å². The third-order valence-electron chi connectivity index (χ3n) is 5.23. The highest BCUT2D eigenvalue weighted by Gasteiger charge is 2.31. The molecule has 160 valence electrons. The van der Waals surface area contributed by atoms with Crippen molar-refractivity contribution in [3.63, 3.8) is 0 Å². The zero-order chi connectivity index (χ0) is 21.9. The van der Waals surface area contributed by atoms with Gasteiger partial charge in [-0.25, -0.2) is 13.2 Å². The number of nitrogens with zero attached hydrogens (tertiary/aromatic N) is 2. The molecule has 0 atom stereocenters. The Hall–Kier alpha value is -2.71. The van der Waals surface area contributed by atoms with Gasteiger partial charge < -0.3 is 9.64 Å². The normalized spacial score (nSPS) is 15.1. The van der Waals surface area contributed by atoms with Crippen LogP contribution in [-0.2, 0) is 19.6 Å². The standard InChI is InChI=1S/C22H26N2O5S/c1-16-8-9-20(18(3)14-16)30(27,28)24-12-10-23(11-13-24)21(25)15-29-22(26)19-7-5-4-6-17(19)2/h4-9,14H,10-13,15H2,1-3H3. The van der Waals surface area contributed by atoms with Crippen LogP contribution in [0, 0.1) is 20.8 Å². The van der Waals surface area contributed by atoms with Crippen molar-refractivity contribution in [2.24, 2.45) is 0 Å². The van der Waals surface area contributed by atoms with Crippen molar-refractivity contribution < 1.29 is 22.7 Å². The number of benzene rings is 2. The summed E-state index contributed by atoms with van der Waals surface area (Å²) < 4.78 is 32.5. The molecule has 0 aliphatic carbocycles. The Kier molecular flexibility index (Phi) is 6.58. The number of ether oxygens (including phenoxy) is 1. The summed E-state index contributed by atoms with van der Waals surface area (Å²) in [5, 5.41) is 0. The van der Waals surface area contributed by atoms with E-state index < -0.39 is 16.0 Å². The zero-order valence-electron chi connectivity index (χ0n) is 17.4. The minimum atomic E-state index is -3.62. The number of carbonyl (C=O) groups is 2. The number of aryl methyl sites for hydroxylation is 3. The molecule has 2 aromatic rings. The Morgan fingerprint density at radius 2 is 1.60 bits per heavy atom. The summed E-state index contributed by atoms with van der Waals surface area (Å²) >= 11 is 0. The van der Waals surface area contributed by atoms with Crippen molar-refractivity contribution in [3.8, 4) is 0 Å². The lowest BCUT2D eigenvalue weighted by Gasteiger charge is -2.34. The highest BCUT2D eigenvalue weighted by Crippen LogP contribution is 2.22. The first-order valence-corrected chi connectivity index (χ1v) is 11.2. The summed E-state index contributed by atoms with van der Waals surface area (Å²) in [7, 11) is -3.62. The van der Waals surface area contributed by atoms with E-state index in [0.29, 0.717) is 16.0 Å². The Balaban J connectivity index is 1.56. The second-order valence-corrected chi connectivity index (χ2v) is 9.35. The highest BCUT2D eigenvalue weighted by molar-refractivity contribution is 7.89. The van der Waals surface area contributed by atoms with Gasteiger partial charge >= 0.3 is 5.97 Å². The molecule has 0 aromatic heterocycles. The van der Waals surface area contributed by atoms with E-state index in [1.165, 1.54) is 9.21 Å². The van der Waals surface area contributed by atoms with Crippen LogP contribution in [0.3, 0.4) is 0 Å². The fraction of sp³-hybridized carbons (Fsp3) is 0.364. The van der Waals surface area contributed by atoms with Gasteiger partial charge in [-0.15, -0.1) is 0 Å². The van der Waals surface area contributed by atoms with Crippen molar-refractivity contribution in [3.05, 3.63) is 64.7 Å². The Morgan fingerprint density at radius 3 is 2.23 bits per heavy atom. The van der Waals surface area contributed by atoms with Crippen molar-refractivity contribution in [1.29, 1.82) is 0 Å². The minimum absolute atomic E-state index is 0.202. The molecule has 1 amide bonds. The summed E-state index contributed by atoms with van der Waals surface area (Å²) in [5.74, 6) is -0.877. The summed E-state index contributed by atoms with van der Waals surface area (Å²) in [6, 6.07) is 12.3. The quantitative estimate of drug-likeness (QED) is 0.680. The van der Waals surface area contributed by atoms with E-state index in [9.17, 15) is 18.0 Å². The molecule has 1 heterocycles. The predicted octanol–water partition coefficient (Wildman–Crippen LogP) is 2.30. The molecule has 0 N–H and O–H groups in total. The average Bonchev–Trinajstić information content (AvgIpc) is 2.72. The number of carbonyl (C=O) groups excluding carboxylic acids is 2. The Labute approximate surface area is 177 Å². The molecule has 0 unspecified atom stereocenters. The molecule has 2 aromatic carbocycles. The molecule has 8 heteroatoms. The van der Waals surface area contributed by atoms with E-state index in [2.05, 4.69) is 0 Å². The van der Waals surface area contributed by atoms with Crippen LogP contribution in [0.2, 0.25) is 0 Å². The van der Waals surface area contributed by atoms with E-state index in [-0.39, 0.29) is 38.7 Å². The van der Waals surface area contributed by atoms with Crippen LogP contribution in [0.4, 0.5) is 0 Å². The maximum Gasteiger partial charge on any atom is 0.338 e. The van der Waals surface area contributed by atoms with Crippen molar-refractivity contribution in [2.75, 3.05) is 32.8 Å². The average molecular weight is 431 g/mol. The van der Waals surface area contributed by atoms with Crippen LogP contribution in [0.1, 0.15) is 27.0 Å². The summed E-state index contributed by atoms with van der Waals surface area (Å²) in [6.07, 6.45) is 0. The molecule has 1 aliphatic rings. The number of hydrogen-bond acceptors (Lipinski definition) is 5. The zero-order valence-corrected chi connectivity index (χ0v) is 18.2. The van der Waals surface area contributed by atoms with Crippen LogP contribution in [-0.4, -0.2) is 62.3 Å². The van der Waals surface area contributed by atoms with Gasteiger partial charge in [0.25, 0.3) is 5.91 Å². The third kappa shape index (κ3) is 4.71. The van der Waals surface area contributed by atoms with E-state index in [1.54, 1.807) is 44.2 Å². The van der Waals surface area contributed by atoms with Gasteiger partial charge in [0.15, 0.2) is 6.61 Å². The molecular formula is C22H26N2O5S. The van der Waals surface area contributed by atoms with Gasteiger partial charge in [-0.05, 0) is 44.0 Å². The molecular weight excluding hydrogens is 404 g/mol. The first-order chi connectivity index (χ1) is 14.2. The second-order valence-electron chi connectivity index (χ2n) is 7.44. The molecule has 0 bridgehead atoms. The molecule has 30 heavy (non-hydrogen) atoms. The van der Waals surface area contributed by atoms with E-state index in [4.69, 9.17) is 4.74 Å². The smallest absolute Gasteiger partial charge is 0.338 e. The topological polar surface area (TPSA) is 84.0 Å². The summed E-state index contributed by atoms with van der Waals surface area (Å²) in [4.78, 5) is 26.4. The molecule has 1 aliphatic heterocycles. The first-order valence-electron chi connectivity index (χ1n) is 9.78. The van der Waals surface area contributed by atoms with E-state index >= 15 is 0 Å². The van der Waals surface area contributed by atoms with Crippen molar-refractivity contribution in [2.45, 2.75) is 25.7 Å². The third-order valence-corrected chi connectivity index (χ3v) is 7.29. The van der Waals surface area contributed by atoms with Crippen molar-refractivity contribution >= 4 is 21.9 Å². The molecule has 1 saturated heterocycles. The van der Waals surface area contributed by atoms with Gasteiger partial charge in [-0.1, -0.05) is 35.9 Å². The molecule has 7 nitrogen and oxygen atoms in total. The molecule has 1 fully saturated rings. The predicted molar refractivity (Wildman–Crippen MR) is 113 cm³/mol. The highest BCUT2D eigenvalue weighted by atomic mass is 32.2. The number of piperazine rings is 1. The Bertz CT molecular complexity index is 1060. The van der Waals surface area contributed by atoms with Gasteiger partial charge in [-0.2, -0.15) is 4.31 Å². The molecule has 0 spiro atoms. The number of sulfonamides is 1. The van der Waals surface area contributed by atoms with Crippen LogP contribution in [0.25, 0.3) is 0 Å². The van der Waals surface area contributed by atoms with Crippen LogP contribution < -0.4 is 0 Å². The van der Waals surface area contributed by atoms with Crippen LogP contribution >= 0.6 is 0 Å². The lowest BCUT2D eigenvalue weighted by molar-refractivity contribution is -0.135. The maximum absolute atomic E-state index is 13.0. The molecule has 0 saturated carbocycles. The minimum Gasteiger partial charge on any atom is -0.452 e.